The van der Waals surface area contributed by atoms with Crippen LogP contribution in [0.2, 0.25) is 0 Å². The molecule has 0 amide bonds. The van der Waals surface area contributed by atoms with Crippen molar-refractivity contribution in [1.29, 1.82) is 0 Å². The van der Waals surface area contributed by atoms with Gasteiger partial charge in [-0.25, -0.2) is 0 Å². The molecule has 0 atom stereocenters. The zero-order chi connectivity index (χ0) is 11.1. The lowest BCUT2D eigenvalue weighted by atomic mass is 10.2. The number of benzene rings is 1. The summed E-state index contributed by atoms with van der Waals surface area (Å²) in [5, 5.41) is 1.03. The van der Waals surface area contributed by atoms with Gasteiger partial charge in [0.15, 0.2) is 0 Å². The van der Waals surface area contributed by atoms with E-state index in [0.29, 0.717) is 0 Å². The molecule has 0 aromatic heterocycles. The van der Waals surface area contributed by atoms with Crippen LogP contribution >= 0.6 is 0 Å². The maximum Gasteiger partial charge on any atom is 0.331 e. The van der Waals surface area contributed by atoms with Gasteiger partial charge < -0.3 is 4.18 Å². The molecular formula is C11H12O3S. The predicted molar refractivity (Wildman–Crippen MR) is 60.3 cm³/mol. The van der Waals surface area contributed by atoms with E-state index in [1.54, 1.807) is 6.92 Å². The van der Waals surface area contributed by atoms with Crippen molar-refractivity contribution in [2.24, 2.45) is 0 Å². The van der Waals surface area contributed by atoms with Crippen molar-refractivity contribution in [2.45, 2.75) is 6.92 Å². The van der Waals surface area contributed by atoms with Crippen LogP contribution in [-0.4, -0.2) is 8.42 Å². The van der Waals surface area contributed by atoms with E-state index in [9.17, 15) is 8.42 Å². The molecule has 0 saturated heterocycles. The van der Waals surface area contributed by atoms with Crippen molar-refractivity contribution in [3.05, 3.63) is 53.6 Å². The third-order valence-corrected chi connectivity index (χ3v) is 2.40. The normalized spacial score (nSPS) is 12.3. The van der Waals surface area contributed by atoms with E-state index >= 15 is 0 Å². The molecule has 0 unspecified atom stereocenters. The topological polar surface area (TPSA) is 43.4 Å². The Morgan fingerprint density at radius 1 is 1.20 bits per heavy atom. The molecule has 0 bridgehead atoms. The maximum atomic E-state index is 11.2. The summed E-state index contributed by atoms with van der Waals surface area (Å²) in [6, 6.07) is 9.14. The Hall–Kier alpha value is -1.55. The van der Waals surface area contributed by atoms with E-state index in [0.717, 1.165) is 17.2 Å². The average Bonchev–Trinajstić information content (AvgIpc) is 2.25. The summed E-state index contributed by atoms with van der Waals surface area (Å²) in [6.07, 6.45) is 4.12. The summed E-state index contributed by atoms with van der Waals surface area (Å²) in [5.74, 6) is 0. The smallest absolute Gasteiger partial charge is 0.331 e. The quantitative estimate of drug-likeness (QED) is 0.583. The van der Waals surface area contributed by atoms with Gasteiger partial charge in [0.05, 0.1) is 5.41 Å². The minimum Gasteiger partial charge on any atom is -0.388 e. The molecule has 0 saturated carbocycles. The fourth-order valence-corrected chi connectivity index (χ4v) is 1.55. The van der Waals surface area contributed by atoms with Crippen LogP contribution in [0.15, 0.2) is 48.1 Å². The van der Waals surface area contributed by atoms with Gasteiger partial charge in [-0.1, -0.05) is 36.4 Å². The van der Waals surface area contributed by atoms with Gasteiger partial charge >= 0.3 is 10.1 Å². The fraction of sp³-hybridized carbons (Fsp3) is 0.0909. The largest absolute Gasteiger partial charge is 0.388 e. The third kappa shape index (κ3) is 4.46. The van der Waals surface area contributed by atoms with Crippen molar-refractivity contribution in [2.75, 3.05) is 0 Å². The molecule has 0 aliphatic rings. The van der Waals surface area contributed by atoms with E-state index in [1.807, 2.05) is 30.3 Å². The summed E-state index contributed by atoms with van der Waals surface area (Å²) in [5.41, 5.74) is 0.810. The van der Waals surface area contributed by atoms with Crippen LogP contribution in [0.1, 0.15) is 12.5 Å². The minimum atomic E-state index is -3.61. The predicted octanol–water partition coefficient (Wildman–Crippen LogP) is 2.54. The van der Waals surface area contributed by atoms with Crippen LogP contribution < -0.4 is 0 Å². The maximum absolute atomic E-state index is 11.2. The van der Waals surface area contributed by atoms with Crippen molar-refractivity contribution < 1.29 is 12.6 Å². The van der Waals surface area contributed by atoms with E-state index in [2.05, 4.69) is 4.18 Å². The summed E-state index contributed by atoms with van der Waals surface area (Å²) in [4.78, 5) is 0. The van der Waals surface area contributed by atoms with Crippen molar-refractivity contribution in [3.8, 4) is 0 Å². The van der Waals surface area contributed by atoms with Crippen molar-refractivity contribution in [3.63, 3.8) is 0 Å². The van der Waals surface area contributed by atoms with Gasteiger partial charge in [-0.2, -0.15) is 8.42 Å². The van der Waals surface area contributed by atoms with Crippen LogP contribution in [-0.2, 0) is 14.3 Å². The Labute approximate surface area is 89.8 Å². The van der Waals surface area contributed by atoms with E-state index in [1.165, 1.54) is 12.2 Å². The van der Waals surface area contributed by atoms with Crippen LogP contribution in [0.5, 0.6) is 0 Å². The van der Waals surface area contributed by atoms with Crippen LogP contribution in [0, 0.1) is 0 Å². The molecule has 0 heterocycles. The molecule has 0 spiro atoms. The van der Waals surface area contributed by atoms with Crippen LogP contribution in [0.25, 0.3) is 6.08 Å². The Morgan fingerprint density at radius 3 is 2.47 bits per heavy atom. The van der Waals surface area contributed by atoms with Crippen molar-refractivity contribution >= 4 is 16.2 Å². The monoisotopic (exact) mass is 224 g/mol. The molecule has 1 rings (SSSR count). The second-order valence-corrected chi connectivity index (χ2v) is 4.22. The zero-order valence-corrected chi connectivity index (χ0v) is 9.15. The number of allylic oxidation sites excluding steroid dienone is 1. The van der Waals surface area contributed by atoms with E-state index in [-0.39, 0.29) is 0 Å². The average molecular weight is 224 g/mol. The molecular weight excluding hydrogens is 212 g/mol. The first-order valence-corrected chi connectivity index (χ1v) is 5.89. The molecule has 0 N–H and O–H groups in total. The Bertz CT molecular complexity index is 444. The molecule has 4 heteroatoms. The summed E-state index contributed by atoms with van der Waals surface area (Å²) >= 11 is 0. The molecule has 80 valence electrons. The van der Waals surface area contributed by atoms with Crippen LogP contribution in [0.4, 0.5) is 0 Å². The second-order valence-electron chi connectivity index (χ2n) is 2.77. The summed E-state index contributed by atoms with van der Waals surface area (Å²) in [6.45, 7) is 1.68. The number of rotatable bonds is 4. The second kappa shape index (κ2) is 5.36. The Morgan fingerprint density at radius 2 is 1.87 bits per heavy atom. The highest BCUT2D eigenvalue weighted by Gasteiger charge is 2.01. The Kier molecular flexibility index (Phi) is 4.12. The highest BCUT2D eigenvalue weighted by atomic mass is 32.2. The Balaban J connectivity index is 2.74. The van der Waals surface area contributed by atoms with Gasteiger partial charge in [-0.15, -0.1) is 0 Å². The molecule has 0 radical (unpaired) electrons. The molecule has 0 aliphatic heterocycles. The molecule has 1 aromatic carbocycles. The zero-order valence-electron chi connectivity index (χ0n) is 8.33. The highest BCUT2D eigenvalue weighted by Crippen LogP contribution is 2.04. The first-order chi connectivity index (χ1) is 7.14. The van der Waals surface area contributed by atoms with Gasteiger partial charge in [0.1, 0.15) is 6.26 Å². The van der Waals surface area contributed by atoms with Gasteiger partial charge in [-0.05, 0) is 18.6 Å². The lowest BCUT2D eigenvalue weighted by molar-refractivity contribution is 0.453. The standard InChI is InChI=1S/C11H12O3S/c1-2-9-14-15(12,13)10-8-11-6-4-3-5-7-11/h2-10H,1H3/b9-2+,10-8+. The molecule has 15 heavy (non-hydrogen) atoms. The lowest BCUT2D eigenvalue weighted by Crippen LogP contribution is -1.95. The van der Waals surface area contributed by atoms with Gasteiger partial charge in [0.25, 0.3) is 0 Å². The highest BCUT2D eigenvalue weighted by molar-refractivity contribution is 7.89. The van der Waals surface area contributed by atoms with Gasteiger partial charge in [0.2, 0.25) is 0 Å². The fourth-order valence-electron chi connectivity index (χ4n) is 0.891. The lowest BCUT2D eigenvalue weighted by Gasteiger charge is -1.95. The molecule has 3 nitrogen and oxygen atoms in total. The number of hydrogen-bond acceptors (Lipinski definition) is 3. The van der Waals surface area contributed by atoms with E-state index < -0.39 is 10.1 Å². The first kappa shape index (κ1) is 11.5. The van der Waals surface area contributed by atoms with Crippen molar-refractivity contribution in [1.82, 2.24) is 0 Å². The summed E-state index contributed by atoms with van der Waals surface area (Å²) in [7, 11) is -3.61. The van der Waals surface area contributed by atoms with Crippen LogP contribution in [0.3, 0.4) is 0 Å². The summed E-state index contributed by atoms with van der Waals surface area (Å²) < 4.78 is 26.9. The first-order valence-electron chi connectivity index (χ1n) is 4.41. The van der Waals surface area contributed by atoms with E-state index in [4.69, 9.17) is 0 Å². The molecule has 1 aromatic rings. The van der Waals surface area contributed by atoms with Gasteiger partial charge in [0, 0.05) is 0 Å². The number of hydrogen-bond donors (Lipinski definition) is 0. The SMILES string of the molecule is C/C=C/OS(=O)(=O)/C=C/c1ccccc1. The van der Waals surface area contributed by atoms with Gasteiger partial charge in [-0.3, -0.25) is 0 Å². The molecule has 0 fully saturated rings. The minimum absolute atomic E-state index is 0.810. The molecule has 0 aliphatic carbocycles. The third-order valence-electron chi connectivity index (χ3n) is 1.55.